The van der Waals surface area contributed by atoms with Gasteiger partial charge in [-0.1, -0.05) is 26.0 Å². The predicted molar refractivity (Wildman–Crippen MR) is 110 cm³/mol. The third kappa shape index (κ3) is 3.45. The van der Waals surface area contributed by atoms with Crippen LogP contribution in [0.25, 0.3) is 11.4 Å². The van der Waals surface area contributed by atoms with Crippen molar-refractivity contribution < 1.29 is 4.74 Å². The summed E-state index contributed by atoms with van der Waals surface area (Å²) in [5.74, 6) is 2.33. The number of tetrazole rings is 1. The monoisotopic (exact) mass is 378 g/mol. The van der Waals surface area contributed by atoms with E-state index in [1.54, 1.807) is 0 Å². The lowest BCUT2D eigenvalue weighted by Gasteiger charge is -2.35. The zero-order valence-corrected chi connectivity index (χ0v) is 16.6. The first-order valence-electron chi connectivity index (χ1n) is 9.84. The highest BCUT2D eigenvalue weighted by molar-refractivity contribution is 5.80. The Morgan fingerprint density at radius 2 is 1.93 bits per heavy atom. The molecule has 1 atom stereocenters. The number of H-pyrrole nitrogens is 1. The zero-order chi connectivity index (χ0) is 19.5. The molecule has 28 heavy (non-hydrogen) atoms. The van der Waals surface area contributed by atoms with E-state index >= 15 is 0 Å². The molecule has 146 valence electrons. The van der Waals surface area contributed by atoms with Gasteiger partial charge in [-0.3, -0.25) is 0 Å². The molecular weight excluding hydrogens is 352 g/mol. The molecule has 1 N–H and O–H groups in total. The van der Waals surface area contributed by atoms with Gasteiger partial charge in [0.1, 0.15) is 0 Å². The number of para-hydroxylation sites is 2. The molecule has 2 aromatic carbocycles. The first-order chi connectivity index (χ1) is 13.7. The van der Waals surface area contributed by atoms with E-state index < -0.39 is 0 Å². The first-order valence-corrected chi connectivity index (χ1v) is 9.84. The molecule has 0 saturated heterocycles. The van der Waals surface area contributed by atoms with Crippen LogP contribution in [0.2, 0.25) is 0 Å². The molecule has 0 amide bonds. The van der Waals surface area contributed by atoms with Crippen LogP contribution in [0.15, 0.2) is 42.5 Å². The van der Waals surface area contributed by atoms with E-state index in [-0.39, 0.29) is 0 Å². The van der Waals surface area contributed by atoms with Crippen LogP contribution in [0.1, 0.15) is 26.7 Å². The van der Waals surface area contributed by atoms with E-state index in [0.29, 0.717) is 11.9 Å². The molecule has 0 fully saturated rings. The number of ether oxygens (including phenoxy) is 1. The van der Waals surface area contributed by atoms with Crippen molar-refractivity contribution in [1.82, 2.24) is 25.5 Å². The fraction of sp³-hybridized carbons (Fsp3) is 0.381. The number of nitrogens with zero attached hydrogens (tertiary/aromatic N) is 5. The molecule has 3 aromatic rings. The average Bonchev–Trinajstić information content (AvgIpc) is 3.27. The minimum Gasteiger partial charge on any atom is -0.453 e. The SMILES string of the molecule is CCC(CCN1c2ccccc2Oc2cc(-c3nnn[nH]3)ccc21)N(C)CC. The van der Waals surface area contributed by atoms with Crippen LogP contribution in [0.4, 0.5) is 11.4 Å². The summed E-state index contributed by atoms with van der Waals surface area (Å²) in [4.78, 5) is 4.79. The molecule has 0 aliphatic carbocycles. The minimum atomic E-state index is 0.558. The van der Waals surface area contributed by atoms with Gasteiger partial charge < -0.3 is 14.5 Å². The van der Waals surface area contributed by atoms with Crippen LogP contribution in [0.3, 0.4) is 0 Å². The molecule has 0 spiro atoms. The van der Waals surface area contributed by atoms with Gasteiger partial charge in [0.05, 0.1) is 11.4 Å². The number of aromatic amines is 1. The third-order valence-electron chi connectivity index (χ3n) is 5.52. The lowest BCUT2D eigenvalue weighted by atomic mass is 10.1. The van der Waals surface area contributed by atoms with E-state index in [1.807, 2.05) is 24.3 Å². The topological polar surface area (TPSA) is 70.2 Å². The highest BCUT2D eigenvalue weighted by atomic mass is 16.5. The maximum absolute atomic E-state index is 6.21. The quantitative estimate of drug-likeness (QED) is 0.663. The summed E-state index contributed by atoms with van der Waals surface area (Å²) in [5.41, 5.74) is 3.09. The second-order valence-electron chi connectivity index (χ2n) is 7.08. The Hall–Kier alpha value is -2.93. The fourth-order valence-corrected chi connectivity index (χ4v) is 3.78. The largest absolute Gasteiger partial charge is 0.453 e. The Kier molecular flexibility index (Phi) is 5.25. The molecular formula is C21H26N6O. The van der Waals surface area contributed by atoms with Crippen molar-refractivity contribution >= 4 is 11.4 Å². The average molecular weight is 378 g/mol. The summed E-state index contributed by atoms with van der Waals surface area (Å²) in [6.07, 6.45) is 2.23. The van der Waals surface area contributed by atoms with Crippen LogP contribution in [0.5, 0.6) is 11.5 Å². The fourth-order valence-electron chi connectivity index (χ4n) is 3.78. The van der Waals surface area contributed by atoms with Gasteiger partial charge in [-0.15, -0.1) is 5.10 Å². The highest BCUT2D eigenvalue weighted by Crippen LogP contribution is 2.47. The number of nitrogens with one attached hydrogen (secondary N) is 1. The summed E-state index contributed by atoms with van der Waals surface area (Å²) in [6, 6.07) is 14.9. The van der Waals surface area contributed by atoms with Crippen molar-refractivity contribution in [2.24, 2.45) is 0 Å². The number of hydrogen-bond donors (Lipinski definition) is 1. The number of anilines is 2. The third-order valence-corrected chi connectivity index (χ3v) is 5.52. The van der Waals surface area contributed by atoms with Crippen LogP contribution < -0.4 is 9.64 Å². The van der Waals surface area contributed by atoms with Gasteiger partial charge in [0, 0.05) is 18.2 Å². The number of rotatable bonds is 7. The van der Waals surface area contributed by atoms with Gasteiger partial charge in [0.2, 0.25) is 0 Å². The van der Waals surface area contributed by atoms with Crippen molar-refractivity contribution in [1.29, 1.82) is 0 Å². The summed E-state index contributed by atoms with van der Waals surface area (Å²) in [7, 11) is 2.20. The number of aromatic nitrogens is 4. The van der Waals surface area contributed by atoms with Crippen molar-refractivity contribution in [3.63, 3.8) is 0 Å². The minimum absolute atomic E-state index is 0.558. The first kappa shape index (κ1) is 18.4. The molecule has 1 aromatic heterocycles. The van der Waals surface area contributed by atoms with E-state index in [0.717, 1.165) is 54.4 Å². The van der Waals surface area contributed by atoms with Gasteiger partial charge in [0.25, 0.3) is 0 Å². The van der Waals surface area contributed by atoms with Gasteiger partial charge >= 0.3 is 0 Å². The molecule has 0 radical (unpaired) electrons. The van der Waals surface area contributed by atoms with Gasteiger partial charge in [-0.25, -0.2) is 5.10 Å². The number of hydrogen-bond acceptors (Lipinski definition) is 6. The maximum atomic E-state index is 6.21. The van der Waals surface area contributed by atoms with Gasteiger partial charge in [-0.2, -0.15) is 0 Å². The summed E-state index contributed by atoms with van der Waals surface area (Å²) in [5, 5.41) is 14.2. The van der Waals surface area contributed by atoms with Crippen LogP contribution in [-0.4, -0.2) is 51.7 Å². The lowest BCUT2D eigenvalue weighted by molar-refractivity contribution is 0.237. The van der Waals surface area contributed by atoms with E-state index in [2.05, 4.69) is 69.5 Å². The van der Waals surface area contributed by atoms with Crippen LogP contribution in [0, 0.1) is 0 Å². The molecule has 0 bridgehead atoms. The molecule has 7 nitrogen and oxygen atoms in total. The molecule has 1 aliphatic heterocycles. The molecule has 2 heterocycles. The Labute approximate surface area is 165 Å². The molecule has 7 heteroatoms. The normalized spacial score (nSPS) is 13.8. The van der Waals surface area contributed by atoms with E-state index in [1.165, 1.54) is 0 Å². The standard InChI is InChI=1S/C21H26N6O/c1-4-16(26(3)5-2)12-13-27-17-8-6-7-9-19(17)28-20-14-15(10-11-18(20)27)21-22-24-25-23-21/h6-11,14,16H,4-5,12-13H2,1-3H3,(H,22,23,24,25). The Balaban J connectivity index is 1.66. The number of benzene rings is 2. The van der Waals surface area contributed by atoms with Gasteiger partial charge in [-0.05, 0) is 67.2 Å². The summed E-state index contributed by atoms with van der Waals surface area (Å²) < 4.78 is 6.21. The van der Waals surface area contributed by atoms with Crippen molar-refractivity contribution in [2.45, 2.75) is 32.7 Å². The van der Waals surface area contributed by atoms with E-state index in [4.69, 9.17) is 4.74 Å². The molecule has 1 aliphatic rings. The Morgan fingerprint density at radius 1 is 1.11 bits per heavy atom. The zero-order valence-electron chi connectivity index (χ0n) is 16.6. The van der Waals surface area contributed by atoms with Crippen LogP contribution >= 0.6 is 0 Å². The smallest absolute Gasteiger partial charge is 0.179 e. The molecule has 4 rings (SSSR count). The van der Waals surface area contributed by atoms with Gasteiger partial charge in [0.15, 0.2) is 17.3 Å². The maximum Gasteiger partial charge on any atom is 0.179 e. The predicted octanol–water partition coefficient (Wildman–Crippen LogP) is 4.23. The second-order valence-corrected chi connectivity index (χ2v) is 7.08. The number of fused-ring (bicyclic) bond motifs is 2. The van der Waals surface area contributed by atoms with E-state index in [9.17, 15) is 0 Å². The van der Waals surface area contributed by atoms with Crippen molar-refractivity contribution in [2.75, 3.05) is 25.0 Å². The Morgan fingerprint density at radius 3 is 2.68 bits per heavy atom. The van der Waals surface area contributed by atoms with Crippen molar-refractivity contribution in [3.8, 4) is 22.9 Å². The van der Waals surface area contributed by atoms with Crippen LogP contribution in [-0.2, 0) is 0 Å². The second kappa shape index (κ2) is 7.98. The summed E-state index contributed by atoms with van der Waals surface area (Å²) in [6.45, 7) is 6.46. The lowest BCUT2D eigenvalue weighted by Crippen LogP contribution is -2.34. The highest BCUT2D eigenvalue weighted by Gasteiger charge is 2.25. The Bertz CT molecular complexity index is 926. The van der Waals surface area contributed by atoms with Crippen molar-refractivity contribution in [3.05, 3.63) is 42.5 Å². The summed E-state index contributed by atoms with van der Waals surface area (Å²) >= 11 is 0. The molecule has 0 saturated carbocycles. The molecule has 1 unspecified atom stereocenters.